The molecule has 0 aliphatic carbocycles. The SMILES string of the molecule is Cc1ccc2c(c1)c1nc3n(c(=O)c1n2CC(=O)Nc1ccccc1F)C1CS(=O)(=O)CC1S3. The number of para-hydroxylation sites is 1. The first-order valence-electron chi connectivity index (χ1n) is 10.7. The summed E-state index contributed by atoms with van der Waals surface area (Å²) in [6.07, 6.45) is 0. The van der Waals surface area contributed by atoms with Gasteiger partial charge in [0, 0.05) is 10.6 Å². The third-order valence-corrected chi connectivity index (χ3v) is 9.55. The number of nitrogens with zero attached hydrogens (tertiary/aromatic N) is 3. The van der Waals surface area contributed by atoms with Gasteiger partial charge in [-0.25, -0.2) is 17.8 Å². The molecule has 2 aromatic heterocycles. The Morgan fingerprint density at radius 3 is 2.82 bits per heavy atom. The number of benzene rings is 2. The molecule has 1 fully saturated rings. The number of carbonyl (C=O) groups excluding carboxylic acids is 1. The van der Waals surface area contributed by atoms with Crippen LogP contribution in [0.4, 0.5) is 10.1 Å². The number of amides is 1. The van der Waals surface area contributed by atoms with E-state index in [2.05, 4.69) is 5.32 Å². The van der Waals surface area contributed by atoms with Crippen LogP contribution in [-0.4, -0.2) is 45.2 Å². The zero-order valence-corrected chi connectivity index (χ0v) is 19.6. The summed E-state index contributed by atoms with van der Waals surface area (Å²) < 4.78 is 41.5. The summed E-state index contributed by atoms with van der Waals surface area (Å²) in [6.45, 7) is 1.70. The highest BCUT2D eigenvalue weighted by Crippen LogP contribution is 2.44. The average molecular weight is 499 g/mol. The number of rotatable bonds is 3. The summed E-state index contributed by atoms with van der Waals surface area (Å²) in [4.78, 5) is 31.4. The summed E-state index contributed by atoms with van der Waals surface area (Å²) in [5.74, 6) is -1.14. The van der Waals surface area contributed by atoms with Crippen molar-refractivity contribution in [1.29, 1.82) is 0 Å². The lowest BCUT2D eigenvalue weighted by molar-refractivity contribution is -0.116. The lowest BCUT2D eigenvalue weighted by atomic mass is 10.1. The standard InChI is InChI=1S/C23H19FN4O4S2/c1-12-6-7-16-13(8-12)20-21(27(16)9-19(29)25-15-5-3-2-4-14(15)24)22(30)28-17-10-34(31,32)11-18(17)33-23(28)26-20/h2-8,17-18H,9-11H2,1H3,(H,25,29). The molecule has 4 aromatic rings. The number of aromatic nitrogens is 3. The zero-order chi connectivity index (χ0) is 23.8. The highest BCUT2D eigenvalue weighted by Gasteiger charge is 2.46. The van der Waals surface area contributed by atoms with Gasteiger partial charge in [-0.1, -0.05) is 35.5 Å². The van der Waals surface area contributed by atoms with Crippen LogP contribution in [-0.2, 0) is 21.2 Å². The van der Waals surface area contributed by atoms with Crippen LogP contribution in [0.3, 0.4) is 0 Å². The fourth-order valence-electron chi connectivity index (χ4n) is 4.85. The molecule has 1 N–H and O–H groups in total. The molecule has 11 heteroatoms. The monoisotopic (exact) mass is 498 g/mol. The number of thioether (sulfide) groups is 1. The van der Waals surface area contributed by atoms with Gasteiger partial charge in [0.15, 0.2) is 15.0 Å². The van der Waals surface area contributed by atoms with Gasteiger partial charge in [-0.2, -0.15) is 0 Å². The maximum Gasteiger partial charge on any atom is 0.279 e. The molecule has 174 valence electrons. The summed E-state index contributed by atoms with van der Waals surface area (Å²) in [5, 5.41) is 3.55. The van der Waals surface area contributed by atoms with E-state index >= 15 is 0 Å². The average Bonchev–Trinajstić information content (AvgIpc) is 3.35. The van der Waals surface area contributed by atoms with Crippen LogP contribution in [0.2, 0.25) is 0 Å². The Bertz CT molecular complexity index is 1690. The number of fused-ring (bicyclic) bond motifs is 6. The van der Waals surface area contributed by atoms with E-state index in [1.54, 1.807) is 10.6 Å². The van der Waals surface area contributed by atoms with E-state index in [-0.39, 0.29) is 40.1 Å². The molecule has 0 radical (unpaired) electrons. The van der Waals surface area contributed by atoms with Crippen LogP contribution in [0.25, 0.3) is 21.9 Å². The molecule has 2 atom stereocenters. The maximum atomic E-state index is 14.0. The molecule has 2 aliphatic heterocycles. The lowest BCUT2D eigenvalue weighted by Crippen LogP contribution is -2.29. The van der Waals surface area contributed by atoms with E-state index in [0.29, 0.717) is 16.2 Å². The molecule has 0 bridgehead atoms. The molecule has 34 heavy (non-hydrogen) atoms. The fourth-order valence-corrected chi connectivity index (χ4v) is 8.75. The van der Waals surface area contributed by atoms with Gasteiger partial charge in [0.2, 0.25) is 5.91 Å². The van der Waals surface area contributed by atoms with Gasteiger partial charge in [-0.15, -0.1) is 0 Å². The molecular weight excluding hydrogens is 479 g/mol. The molecule has 2 aromatic carbocycles. The van der Waals surface area contributed by atoms with E-state index < -0.39 is 27.6 Å². The van der Waals surface area contributed by atoms with Crippen LogP contribution in [0.5, 0.6) is 0 Å². The summed E-state index contributed by atoms with van der Waals surface area (Å²) in [5.41, 5.74) is 2.02. The van der Waals surface area contributed by atoms with E-state index in [9.17, 15) is 22.4 Å². The van der Waals surface area contributed by atoms with Gasteiger partial charge in [0.25, 0.3) is 5.56 Å². The van der Waals surface area contributed by atoms with Crippen molar-refractivity contribution in [2.24, 2.45) is 0 Å². The quantitative estimate of drug-likeness (QED) is 0.436. The Morgan fingerprint density at radius 2 is 2.03 bits per heavy atom. The van der Waals surface area contributed by atoms with Crippen molar-refractivity contribution in [3.63, 3.8) is 0 Å². The predicted molar refractivity (Wildman–Crippen MR) is 129 cm³/mol. The lowest BCUT2D eigenvalue weighted by Gasteiger charge is -2.12. The Morgan fingerprint density at radius 1 is 1.24 bits per heavy atom. The van der Waals surface area contributed by atoms with Crippen molar-refractivity contribution in [1.82, 2.24) is 14.1 Å². The topological polar surface area (TPSA) is 103 Å². The molecule has 1 saturated heterocycles. The smallest absolute Gasteiger partial charge is 0.279 e. The van der Waals surface area contributed by atoms with E-state index in [1.165, 1.54) is 34.5 Å². The Kier molecular flexibility index (Phi) is 4.65. The van der Waals surface area contributed by atoms with Crippen LogP contribution in [0, 0.1) is 12.7 Å². The maximum absolute atomic E-state index is 14.0. The van der Waals surface area contributed by atoms with Crippen molar-refractivity contribution in [2.75, 3.05) is 16.8 Å². The Labute approximate surface area is 197 Å². The fraction of sp³-hybridized carbons (Fsp3) is 0.261. The molecule has 2 aliphatic rings. The number of nitrogens with one attached hydrogen (secondary N) is 1. The highest BCUT2D eigenvalue weighted by atomic mass is 32.2. The number of aryl methyl sites for hydroxylation is 1. The Balaban J connectivity index is 1.52. The van der Waals surface area contributed by atoms with E-state index in [4.69, 9.17) is 4.98 Å². The second kappa shape index (κ2) is 7.41. The number of halogens is 1. The summed E-state index contributed by atoms with van der Waals surface area (Å²) in [7, 11) is -3.23. The number of sulfone groups is 1. The molecule has 4 heterocycles. The van der Waals surface area contributed by atoms with Gasteiger partial charge in [-0.3, -0.25) is 14.2 Å². The van der Waals surface area contributed by atoms with Gasteiger partial charge in [0.1, 0.15) is 23.4 Å². The summed E-state index contributed by atoms with van der Waals surface area (Å²) >= 11 is 1.32. The van der Waals surface area contributed by atoms with Gasteiger partial charge in [0.05, 0.1) is 28.8 Å². The van der Waals surface area contributed by atoms with Crippen molar-refractivity contribution >= 4 is 55.1 Å². The molecular formula is C23H19FN4O4S2. The van der Waals surface area contributed by atoms with Crippen LogP contribution >= 0.6 is 11.8 Å². The number of hydrogen-bond acceptors (Lipinski definition) is 6. The van der Waals surface area contributed by atoms with Crippen molar-refractivity contribution in [3.8, 4) is 0 Å². The third-order valence-electron chi connectivity index (χ3n) is 6.34. The number of carbonyl (C=O) groups is 1. The summed E-state index contributed by atoms with van der Waals surface area (Å²) in [6, 6.07) is 11.0. The zero-order valence-electron chi connectivity index (χ0n) is 18.0. The molecule has 1 amide bonds. The molecule has 0 spiro atoms. The second-order valence-electron chi connectivity index (χ2n) is 8.70. The molecule has 8 nitrogen and oxygen atoms in total. The molecule has 2 unspecified atom stereocenters. The largest absolute Gasteiger partial charge is 0.325 e. The minimum Gasteiger partial charge on any atom is -0.325 e. The van der Waals surface area contributed by atoms with Gasteiger partial charge >= 0.3 is 0 Å². The minimum absolute atomic E-state index is 0.0141. The number of anilines is 1. The van der Waals surface area contributed by atoms with Crippen molar-refractivity contribution in [2.45, 2.75) is 29.9 Å². The van der Waals surface area contributed by atoms with E-state index in [0.717, 1.165) is 10.9 Å². The minimum atomic E-state index is -3.23. The Hall–Kier alpha value is -3.18. The first-order valence-corrected chi connectivity index (χ1v) is 13.4. The van der Waals surface area contributed by atoms with Gasteiger partial charge in [-0.05, 0) is 31.2 Å². The first kappa shape index (κ1) is 21.4. The second-order valence-corrected chi connectivity index (χ2v) is 12.1. The molecule has 0 saturated carbocycles. The normalized spacial score (nSPS) is 20.5. The first-order chi connectivity index (χ1) is 16.2. The molecule has 6 rings (SSSR count). The van der Waals surface area contributed by atoms with Crippen molar-refractivity contribution < 1.29 is 17.6 Å². The number of hydrogen-bond donors (Lipinski definition) is 1. The predicted octanol–water partition coefficient (Wildman–Crippen LogP) is 2.88. The third kappa shape index (κ3) is 3.25. The highest BCUT2D eigenvalue weighted by molar-refractivity contribution is 8.02. The van der Waals surface area contributed by atoms with Crippen LogP contribution in [0.1, 0.15) is 11.6 Å². The van der Waals surface area contributed by atoms with E-state index in [1.807, 2.05) is 25.1 Å². The van der Waals surface area contributed by atoms with Crippen LogP contribution < -0.4 is 10.9 Å². The van der Waals surface area contributed by atoms with Crippen LogP contribution in [0.15, 0.2) is 52.4 Å². The van der Waals surface area contributed by atoms with Gasteiger partial charge < -0.3 is 9.88 Å². The van der Waals surface area contributed by atoms with Crippen molar-refractivity contribution in [3.05, 3.63) is 64.2 Å².